The number of nitrogens with zero attached hydrogens (tertiary/aromatic N) is 3. The fourth-order valence-corrected chi connectivity index (χ4v) is 3.90. The second-order valence-electron chi connectivity index (χ2n) is 6.70. The molecule has 0 saturated heterocycles. The zero-order valence-corrected chi connectivity index (χ0v) is 14.6. The van der Waals surface area contributed by atoms with Crippen LogP contribution in [0.25, 0.3) is 16.2 Å². The number of thiazole rings is 1. The van der Waals surface area contributed by atoms with Crippen LogP contribution in [0.15, 0.2) is 35.8 Å². The first-order chi connectivity index (χ1) is 12.0. The highest BCUT2D eigenvalue weighted by Crippen LogP contribution is 2.45. The van der Waals surface area contributed by atoms with Gasteiger partial charge in [0.2, 0.25) is 0 Å². The summed E-state index contributed by atoms with van der Waals surface area (Å²) >= 11 is 1.35. The van der Waals surface area contributed by atoms with E-state index in [1.165, 1.54) is 17.4 Å². The van der Waals surface area contributed by atoms with E-state index >= 15 is 0 Å². The summed E-state index contributed by atoms with van der Waals surface area (Å²) in [4.78, 5) is 19.5. The van der Waals surface area contributed by atoms with E-state index in [0.717, 1.165) is 12.8 Å². The third-order valence-electron chi connectivity index (χ3n) is 4.79. The van der Waals surface area contributed by atoms with Gasteiger partial charge in [0.15, 0.2) is 4.96 Å². The van der Waals surface area contributed by atoms with E-state index in [0.29, 0.717) is 28.5 Å². The van der Waals surface area contributed by atoms with Crippen molar-refractivity contribution in [3.8, 4) is 11.3 Å². The van der Waals surface area contributed by atoms with Crippen LogP contribution >= 0.6 is 11.3 Å². The predicted molar refractivity (Wildman–Crippen MR) is 94.2 cm³/mol. The first kappa shape index (κ1) is 16.2. The van der Waals surface area contributed by atoms with Crippen molar-refractivity contribution < 1.29 is 14.3 Å². The molecule has 1 fully saturated rings. The number of imidazole rings is 1. The lowest BCUT2D eigenvalue weighted by Crippen LogP contribution is -2.34. The van der Waals surface area contributed by atoms with Crippen molar-refractivity contribution in [2.75, 3.05) is 20.2 Å². The first-order valence-corrected chi connectivity index (χ1v) is 8.99. The lowest BCUT2D eigenvalue weighted by molar-refractivity contribution is 0.0727. The highest BCUT2D eigenvalue weighted by atomic mass is 32.1. The molecular weight excluding hydrogens is 341 g/mol. The van der Waals surface area contributed by atoms with Crippen molar-refractivity contribution in [1.82, 2.24) is 14.3 Å². The number of hydrogen-bond acceptors (Lipinski definition) is 4. The molecule has 0 aliphatic heterocycles. The maximum absolute atomic E-state index is 14.0. The predicted octanol–water partition coefficient (Wildman–Crippen LogP) is 3.05. The van der Waals surface area contributed by atoms with Crippen molar-refractivity contribution in [3.05, 3.63) is 47.4 Å². The lowest BCUT2D eigenvalue weighted by atomic mass is 10.1. The lowest BCUT2D eigenvalue weighted by Gasteiger charge is -2.22. The van der Waals surface area contributed by atoms with Gasteiger partial charge in [-0.15, -0.1) is 11.3 Å². The number of fused-ring (bicyclic) bond motifs is 1. The summed E-state index contributed by atoms with van der Waals surface area (Å²) in [5, 5.41) is 11.2. The van der Waals surface area contributed by atoms with Gasteiger partial charge in [-0.25, -0.2) is 9.37 Å². The highest BCUT2D eigenvalue weighted by molar-refractivity contribution is 7.15. The second kappa shape index (κ2) is 5.93. The van der Waals surface area contributed by atoms with Crippen molar-refractivity contribution >= 4 is 22.2 Å². The van der Waals surface area contributed by atoms with Crippen LogP contribution < -0.4 is 0 Å². The molecule has 0 spiro atoms. The Balaban J connectivity index is 1.64. The number of carbonyl (C=O) groups excluding carboxylic acids is 1. The topological polar surface area (TPSA) is 57.8 Å². The summed E-state index contributed by atoms with van der Waals surface area (Å²) in [6.45, 7) is 0.640. The van der Waals surface area contributed by atoms with Gasteiger partial charge in [-0.2, -0.15) is 0 Å². The average molecular weight is 359 g/mol. The van der Waals surface area contributed by atoms with E-state index in [4.69, 9.17) is 0 Å². The molecule has 4 rings (SSSR count). The van der Waals surface area contributed by atoms with E-state index < -0.39 is 0 Å². The highest BCUT2D eigenvalue weighted by Gasteiger charge is 2.43. The Morgan fingerprint density at radius 1 is 1.44 bits per heavy atom. The second-order valence-corrected chi connectivity index (χ2v) is 7.54. The zero-order valence-electron chi connectivity index (χ0n) is 13.8. The molecule has 1 aliphatic carbocycles. The Kier molecular flexibility index (Phi) is 3.85. The van der Waals surface area contributed by atoms with Gasteiger partial charge < -0.3 is 10.0 Å². The number of benzene rings is 1. The van der Waals surface area contributed by atoms with Gasteiger partial charge in [0, 0.05) is 36.1 Å². The minimum Gasteiger partial charge on any atom is -0.396 e. The van der Waals surface area contributed by atoms with E-state index in [1.54, 1.807) is 46.1 Å². The number of aliphatic hydroxyl groups excluding tert-OH is 1. The molecular formula is C18H18FN3O2S. The minimum absolute atomic E-state index is 0.103. The van der Waals surface area contributed by atoms with E-state index in [-0.39, 0.29) is 23.7 Å². The molecule has 3 aromatic rings. The maximum Gasteiger partial charge on any atom is 0.271 e. The van der Waals surface area contributed by atoms with Gasteiger partial charge in [-0.05, 0) is 25.0 Å². The van der Waals surface area contributed by atoms with E-state index in [2.05, 4.69) is 4.98 Å². The molecule has 2 aromatic heterocycles. The summed E-state index contributed by atoms with van der Waals surface area (Å²) in [7, 11) is 1.75. The quantitative estimate of drug-likeness (QED) is 0.762. The monoisotopic (exact) mass is 359 g/mol. The summed E-state index contributed by atoms with van der Waals surface area (Å²) in [6, 6.07) is 6.46. The van der Waals surface area contributed by atoms with Gasteiger partial charge >= 0.3 is 0 Å². The largest absolute Gasteiger partial charge is 0.396 e. The van der Waals surface area contributed by atoms with E-state index in [1.807, 2.05) is 0 Å². The molecule has 25 heavy (non-hydrogen) atoms. The van der Waals surface area contributed by atoms with Crippen molar-refractivity contribution in [2.24, 2.45) is 5.41 Å². The molecule has 0 atom stereocenters. The average Bonchev–Trinajstić information content (AvgIpc) is 3.08. The summed E-state index contributed by atoms with van der Waals surface area (Å²) in [5.74, 6) is -0.458. The summed E-state index contributed by atoms with van der Waals surface area (Å²) < 4.78 is 15.7. The normalized spacial score (nSPS) is 15.5. The van der Waals surface area contributed by atoms with Gasteiger partial charge in [-0.1, -0.05) is 12.1 Å². The smallest absolute Gasteiger partial charge is 0.271 e. The van der Waals surface area contributed by atoms with Crippen LogP contribution in [-0.4, -0.2) is 45.5 Å². The van der Waals surface area contributed by atoms with Crippen molar-refractivity contribution in [1.29, 1.82) is 0 Å². The Labute approximate surface area is 148 Å². The van der Waals surface area contributed by atoms with E-state index in [9.17, 15) is 14.3 Å². The van der Waals surface area contributed by atoms with Gasteiger partial charge in [-0.3, -0.25) is 9.20 Å². The van der Waals surface area contributed by atoms with Crippen LogP contribution in [0.2, 0.25) is 0 Å². The fourth-order valence-electron chi connectivity index (χ4n) is 3.05. The molecule has 1 saturated carbocycles. The summed E-state index contributed by atoms with van der Waals surface area (Å²) in [5.41, 5.74) is 1.30. The van der Waals surface area contributed by atoms with Crippen molar-refractivity contribution in [2.45, 2.75) is 12.8 Å². The molecule has 0 radical (unpaired) electrons. The summed E-state index contributed by atoms with van der Waals surface area (Å²) in [6.07, 6.45) is 3.59. The molecule has 1 N–H and O–H groups in total. The number of aliphatic hydroxyl groups is 1. The molecule has 0 unspecified atom stereocenters. The molecule has 0 bridgehead atoms. The Morgan fingerprint density at radius 3 is 2.88 bits per heavy atom. The van der Waals surface area contributed by atoms with Gasteiger partial charge in [0.05, 0.1) is 12.3 Å². The third-order valence-corrected chi connectivity index (χ3v) is 5.63. The molecule has 2 heterocycles. The third kappa shape index (κ3) is 2.83. The molecule has 1 aliphatic rings. The van der Waals surface area contributed by atoms with Gasteiger partial charge in [0.1, 0.15) is 11.5 Å². The molecule has 1 amide bonds. The standard InChI is InChI=1S/C18H18FN3O2S/c1-21(10-18(11-23)6-7-18)16(24)15-9-25-17-20-14(8-22(15)17)12-4-2-3-5-13(12)19/h2-5,8-9,23H,6-7,10-11H2,1H3. The van der Waals surface area contributed by atoms with Crippen molar-refractivity contribution in [3.63, 3.8) is 0 Å². The fraction of sp³-hybridized carbons (Fsp3) is 0.333. The number of carbonyl (C=O) groups is 1. The Morgan fingerprint density at radius 2 is 2.20 bits per heavy atom. The zero-order chi connectivity index (χ0) is 17.6. The van der Waals surface area contributed by atoms with Crippen LogP contribution in [-0.2, 0) is 0 Å². The van der Waals surface area contributed by atoms with Crippen LogP contribution in [0.3, 0.4) is 0 Å². The van der Waals surface area contributed by atoms with Gasteiger partial charge in [0.25, 0.3) is 5.91 Å². The van der Waals surface area contributed by atoms with Crippen LogP contribution in [0.1, 0.15) is 23.3 Å². The SMILES string of the molecule is CN(CC1(CO)CC1)C(=O)c1csc2nc(-c3ccccc3F)cn12. The first-order valence-electron chi connectivity index (χ1n) is 8.11. The molecule has 1 aromatic carbocycles. The number of halogens is 1. The van der Waals surface area contributed by atoms with Crippen LogP contribution in [0, 0.1) is 11.2 Å². The molecule has 5 nitrogen and oxygen atoms in total. The number of aromatic nitrogens is 2. The maximum atomic E-state index is 14.0. The number of amides is 1. The Hall–Kier alpha value is -2.25. The minimum atomic E-state index is -0.336. The molecule has 130 valence electrons. The Bertz CT molecular complexity index is 945. The number of hydrogen-bond donors (Lipinski definition) is 1. The van der Waals surface area contributed by atoms with Crippen LogP contribution in [0.5, 0.6) is 0 Å². The number of rotatable bonds is 5. The van der Waals surface area contributed by atoms with Crippen LogP contribution in [0.4, 0.5) is 4.39 Å². The molecule has 7 heteroatoms.